The fraction of sp³-hybridized carbons (Fsp3) is 0.188. The van der Waals surface area contributed by atoms with Crippen molar-refractivity contribution in [1.82, 2.24) is 5.43 Å². The highest BCUT2D eigenvalue weighted by Crippen LogP contribution is 2.34. The Balaban J connectivity index is 2.21. The predicted molar refractivity (Wildman–Crippen MR) is 86.9 cm³/mol. The number of nitro benzene ring substituents is 1. The van der Waals surface area contributed by atoms with Crippen molar-refractivity contribution >= 4 is 17.3 Å². The minimum Gasteiger partial charge on any atom is -0.496 e. The number of alkyl halides is 3. The van der Waals surface area contributed by atoms with Crippen molar-refractivity contribution in [3.63, 3.8) is 0 Å². The summed E-state index contributed by atoms with van der Waals surface area (Å²) in [6, 6.07) is 6.56. The van der Waals surface area contributed by atoms with E-state index in [1.807, 2.05) is 0 Å². The number of carbonyl (C=O) groups is 1. The van der Waals surface area contributed by atoms with Crippen molar-refractivity contribution < 1.29 is 27.6 Å². The standard InChI is InChI=1S/C16H14F3N3O4/c1-9-3-4-10(7-14(9)26-2)15(23)21-20-12-6-5-11(16(17,18)19)8-13(12)22(24)25/h3-8,20H,1-2H3,(H,21,23). The van der Waals surface area contributed by atoms with Crippen molar-refractivity contribution in [3.05, 3.63) is 63.2 Å². The predicted octanol–water partition coefficient (Wildman–Crippen LogP) is 3.69. The summed E-state index contributed by atoms with van der Waals surface area (Å²) in [5.74, 6) is -0.171. The highest BCUT2D eigenvalue weighted by atomic mass is 19.4. The van der Waals surface area contributed by atoms with Gasteiger partial charge in [-0.1, -0.05) is 6.07 Å². The van der Waals surface area contributed by atoms with E-state index < -0.39 is 28.3 Å². The maximum atomic E-state index is 12.7. The van der Waals surface area contributed by atoms with Crippen LogP contribution in [-0.4, -0.2) is 17.9 Å². The van der Waals surface area contributed by atoms with E-state index in [9.17, 15) is 28.1 Å². The van der Waals surface area contributed by atoms with Gasteiger partial charge >= 0.3 is 6.18 Å². The second-order valence-corrected chi connectivity index (χ2v) is 5.25. The van der Waals surface area contributed by atoms with Gasteiger partial charge in [-0.3, -0.25) is 25.8 Å². The normalized spacial score (nSPS) is 11.0. The molecule has 2 rings (SSSR count). The average Bonchev–Trinajstić information content (AvgIpc) is 2.58. The van der Waals surface area contributed by atoms with Crippen molar-refractivity contribution in [2.75, 3.05) is 12.5 Å². The van der Waals surface area contributed by atoms with Gasteiger partial charge in [-0.25, -0.2) is 0 Å². The Bertz CT molecular complexity index is 853. The van der Waals surface area contributed by atoms with E-state index in [1.54, 1.807) is 13.0 Å². The molecule has 0 spiro atoms. The van der Waals surface area contributed by atoms with Crippen LogP contribution in [0.25, 0.3) is 0 Å². The van der Waals surface area contributed by atoms with E-state index in [0.717, 1.165) is 11.6 Å². The second kappa shape index (κ2) is 7.30. The van der Waals surface area contributed by atoms with Gasteiger partial charge in [-0.05, 0) is 36.8 Å². The highest BCUT2D eigenvalue weighted by molar-refractivity contribution is 5.95. The molecule has 0 saturated heterocycles. The van der Waals surface area contributed by atoms with Gasteiger partial charge in [0.25, 0.3) is 11.6 Å². The lowest BCUT2D eigenvalue weighted by molar-refractivity contribution is -0.384. The van der Waals surface area contributed by atoms with Crippen LogP contribution in [0.3, 0.4) is 0 Å². The molecule has 0 fully saturated rings. The van der Waals surface area contributed by atoms with Crippen LogP contribution in [0.4, 0.5) is 24.5 Å². The summed E-state index contributed by atoms with van der Waals surface area (Å²) in [5, 5.41) is 11.0. The summed E-state index contributed by atoms with van der Waals surface area (Å²) in [5.41, 5.74) is 3.23. The van der Waals surface area contributed by atoms with Crippen LogP contribution in [0.15, 0.2) is 36.4 Å². The maximum absolute atomic E-state index is 12.7. The quantitative estimate of drug-likeness (QED) is 0.619. The lowest BCUT2D eigenvalue weighted by Gasteiger charge is -2.12. The molecule has 0 radical (unpaired) electrons. The van der Waals surface area contributed by atoms with Gasteiger partial charge in [0, 0.05) is 11.6 Å². The first kappa shape index (κ1) is 19.0. The third-order valence-electron chi connectivity index (χ3n) is 3.50. The molecule has 0 aliphatic heterocycles. The molecule has 0 heterocycles. The molecule has 0 aliphatic rings. The largest absolute Gasteiger partial charge is 0.496 e. The molecule has 0 aliphatic carbocycles. The first-order valence-electron chi connectivity index (χ1n) is 7.20. The maximum Gasteiger partial charge on any atom is 0.416 e. The number of carbonyl (C=O) groups excluding carboxylic acids is 1. The Hall–Kier alpha value is -3.30. The number of hydrogen-bond acceptors (Lipinski definition) is 5. The zero-order valence-electron chi connectivity index (χ0n) is 13.7. The van der Waals surface area contributed by atoms with Crippen LogP contribution in [0, 0.1) is 17.0 Å². The molecule has 2 aromatic carbocycles. The molecule has 1 amide bonds. The van der Waals surface area contributed by atoms with E-state index in [2.05, 4.69) is 10.9 Å². The van der Waals surface area contributed by atoms with E-state index in [-0.39, 0.29) is 11.3 Å². The minimum atomic E-state index is -4.72. The van der Waals surface area contributed by atoms with Gasteiger partial charge in [-0.15, -0.1) is 0 Å². The number of nitro groups is 1. The Morgan fingerprint density at radius 2 is 1.88 bits per heavy atom. The van der Waals surface area contributed by atoms with Crippen molar-refractivity contribution in [3.8, 4) is 5.75 Å². The molecule has 26 heavy (non-hydrogen) atoms. The number of halogens is 3. The fourth-order valence-corrected chi connectivity index (χ4v) is 2.12. The number of hydrazine groups is 1. The number of ether oxygens (including phenoxy) is 1. The third kappa shape index (κ3) is 4.21. The van der Waals surface area contributed by atoms with Crippen LogP contribution in [-0.2, 0) is 6.18 Å². The third-order valence-corrected chi connectivity index (χ3v) is 3.50. The molecule has 138 valence electrons. The fourth-order valence-electron chi connectivity index (χ4n) is 2.12. The molecule has 7 nitrogen and oxygen atoms in total. The number of amides is 1. The second-order valence-electron chi connectivity index (χ2n) is 5.25. The van der Waals surface area contributed by atoms with Crippen LogP contribution in [0.1, 0.15) is 21.5 Å². The molecular formula is C16H14F3N3O4. The van der Waals surface area contributed by atoms with Crippen LogP contribution in [0.2, 0.25) is 0 Å². The zero-order chi connectivity index (χ0) is 19.5. The summed E-state index contributed by atoms with van der Waals surface area (Å²) in [6.07, 6.45) is -4.72. The summed E-state index contributed by atoms with van der Waals surface area (Å²) in [6.45, 7) is 1.78. The Morgan fingerprint density at radius 1 is 1.19 bits per heavy atom. The highest BCUT2D eigenvalue weighted by Gasteiger charge is 2.33. The van der Waals surface area contributed by atoms with Gasteiger partial charge in [0.2, 0.25) is 0 Å². The first-order chi connectivity index (χ1) is 12.1. The lowest BCUT2D eigenvalue weighted by Crippen LogP contribution is -2.29. The molecule has 2 aromatic rings. The monoisotopic (exact) mass is 369 g/mol. The van der Waals surface area contributed by atoms with E-state index in [1.165, 1.54) is 19.2 Å². The number of hydrogen-bond donors (Lipinski definition) is 2. The summed E-state index contributed by atoms with van der Waals surface area (Å²) < 4.78 is 43.1. The zero-order valence-corrected chi connectivity index (χ0v) is 13.7. The van der Waals surface area contributed by atoms with Gasteiger partial charge in [0.15, 0.2) is 0 Å². The molecule has 0 atom stereocenters. The van der Waals surface area contributed by atoms with Gasteiger partial charge < -0.3 is 4.74 Å². The number of methoxy groups -OCH3 is 1. The first-order valence-corrected chi connectivity index (χ1v) is 7.20. The Labute approximate surface area is 145 Å². The number of rotatable bonds is 5. The van der Waals surface area contributed by atoms with Gasteiger partial charge in [-0.2, -0.15) is 13.2 Å². The molecule has 0 bridgehead atoms. The van der Waals surface area contributed by atoms with Crippen molar-refractivity contribution in [2.24, 2.45) is 0 Å². The van der Waals surface area contributed by atoms with Crippen molar-refractivity contribution in [2.45, 2.75) is 13.1 Å². The SMILES string of the molecule is COc1cc(C(=O)NNc2ccc(C(F)(F)F)cc2[N+](=O)[O-])ccc1C. The average molecular weight is 369 g/mol. The molecule has 0 aromatic heterocycles. The van der Waals surface area contributed by atoms with Crippen LogP contribution in [0.5, 0.6) is 5.75 Å². The van der Waals surface area contributed by atoms with E-state index in [0.29, 0.717) is 17.9 Å². The smallest absolute Gasteiger partial charge is 0.416 e. The van der Waals surface area contributed by atoms with Crippen LogP contribution < -0.4 is 15.6 Å². The molecular weight excluding hydrogens is 355 g/mol. The molecule has 2 N–H and O–H groups in total. The lowest BCUT2D eigenvalue weighted by atomic mass is 10.1. The number of aryl methyl sites for hydroxylation is 1. The summed E-state index contributed by atoms with van der Waals surface area (Å²) in [7, 11) is 1.44. The van der Waals surface area contributed by atoms with E-state index >= 15 is 0 Å². The number of nitrogens with zero attached hydrogens (tertiary/aromatic N) is 1. The number of anilines is 1. The summed E-state index contributed by atoms with van der Waals surface area (Å²) >= 11 is 0. The molecule has 0 unspecified atom stereocenters. The minimum absolute atomic E-state index is 0.203. The van der Waals surface area contributed by atoms with Crippen LogP contribution >= 0.6 is 0 Å². The Kier molecular flexibility index (Phi) is 5.34. The van der Waals surface area contributed by atoms with Crippen molar-refractivity contribution in [1.29, 1.82) is 0 Å². The topological polar surface area (TPSA) is 93.5 Å². The molecule has 10 heteroatoms. The van der Waals surface area contributed by atoms with E-state index in [4.69, 9.17) is 4.74 Å². The van der Waals surface area contributed by atoms with Gasteiger partial charge in [0.05, 0.1) is 17.6 Å². The Morgan fingerprint density at radius 3 is 2.46 bits per heavy atom. The number of nitrogens with one attached hydrogen (secondary N) is 2. The number of benzene rings is 2. The van der Waals surface area contributed by atoms with Gasteiger partial charge in [0.1, 0.15) is 11.4 Å². The summed E-state index contributed by atoms with van der Waals surface area (Å²) in [4.78, 5) is 22.2. The molecule has 0 saturated carbocycles.